The summed E-state index contributed by atoms with van der Waals surface area (Å²) in [6.07, 6.45) is 3.73. The summed E-state index contributed by atoms with van der Waals surface area (Å²) in [5.74, 6) is 1.01. The summed E-state index contributed by atoms with van der Waals surface area (Å²) in [5.41, 5.74) is 0. The Balaban J connectivity index is 2.10. The van der Waals surface area contributed by atoms with Crippen molar-refractivity contribution in [1.29, 1.82) is 0 Å². The molecular formula is C12H24N2O2. The number of carbonyl (C=O) groups excluding carboxylic acids is 1. The monoisotopic (exact) mass is 228 g/mol. The highest BCUT2D eigenvalue weighted by Gasteiger charge is 2.16. The van der Waals surface area contributed by atoms with Crippen molar-refractivity contribution < 1.29 is 9.90 Å². The van der Waals surface area contributed by atoms with Gasteiger partial charge in [0.05, 0.1) is 0 Å². The van der Waals surface area contributed by atoms with Crippen molar-refractivity contribution in [2.45, 2.75) is 32.6 Å². The van der Waals surface area contributed by atoms with E-state index in [9.17, 15) is 4.79 Å². The molecule has 0 spiro atoms. The molecule has 4 nitrogen and oxygen atoms in total. The molecule has 0 aliphatic carbocycles. The lowest BCUT2D eigenvalue weighted by Crippen LogP contribution is -2.35. The lowest BCUT2D eigenvalue weighted by atomic mass is 9.96. The molecule has 3 N–H and O–H groups in total. The summed E-state index contributed by atoms with van der Waals surface area (Å²) in [6, 6.07) is 0. The fourth-order valence-corrected chi connectivity index (χ4v) is 2.04. The molecule has 0 aromatic heterocycles. The molecule has 1 saturated heterocycles. The van der Waals surface area contributed by atoms with Crippen molar-refractivity contribution >= 4 is 5.91 Å². The number of aliphatic hydroxyl groups is 1. The zero-order valence-corrected chi connectivity index (χ0v) is 10.2. The second-order valence-corrected chi connectivity index (χ2v) is 4.84. The van der Waals surface area contributed by atoms with E-state index in [1.807, 2.05) is 6.92 Å². The van der Waals surface area contributed by atoms with Gasteiger partial charge in [-0.2, -0.15) is 0 Å². The van der Waals surface area contributed by atoms with Gasteiger partial charge in [0.15, 0.2) is 0 Å². The van der Waals surface area contributed by atoms with E-state index in [0.29, 0.717) is 24.8 Å². The van der Waals surface area contributed by atoms with Crippen LogP contribution in [-0.4, -0.2) is 37.3 Å². The van der Waals surface area contributed by atoms with Gasteiger partial charge < -0.3 is 15.7 Å². The van der Waals surface area contributed by atoms with Crippen LogP contribution in [0.3, 0.4) is 0 Å². The largest absolute Gasteiger partial charge is 0.396 e. The quantitative estimate of drug-likeness (QED) is 0.621. The van der Waals surface area contributed by atoms with E-state index in [1.165, 1.54) is 6.42 Å². The molecule has 1 fully saturated rings. The first-order valence-corrected chi connectivity index (χ1v) is 6.30. The topological polar surface area (TPSA) is 61.4 Å². The van der Waals surface area contributed by atoms with Crippen molar-refractivity contribution in [2.75, 3.05) is 26.2 Å². The van der Waals surface area contributed by atoms with E-state index < -0.39 is 0 Å². The lowest BCUT2D eigenvalue weighted by Gasteiger charge is -2.22. The summed E-state index contributed by atoms with van der Waals surface area (Å²) in [5, 5.41) is 15.0. The van der Waals surface area contributed by atoms with Gasteiger partial charge in [-0.3, -0.25) is 4.79 Å². The van der Waals surface area contributed by atoms with Crippen molar-refractivity contribution in [2.24, 2.45) is 11.8 Å². The van der Waals surface area contributed by atoms with Gasteiger partial charge in [0.1, 0.15) is 0 Å². The Morgan fingerprint density at radius 3 is 3.06 bits per heavy atom. The highest BCUT2D eigenvalue weighted by molar-refractivity contribution is 5.76. The Bertz CT molecular complexity index is 203. The van der Waals surface area contributed by atoms with Gasteiger partial charge in [-0.1, -0.05) is 6.92 Å². The zero-order valence-electron chi connectivity index (χ0n) is 10.2. The standard InChI is InChI=1S/C12H24N2O2/c1-10(4-6-15)8-14-12(16)7-11-3-2-5-13-9-11/h10-11,13,15H,2-9H2,1H3,(H,14,16). The third-order valence-corrected chi connectivity index (χ3v) is 3.14. The predicted octanol–water partition coefficient (Wildman–Crippen LogP) is 0.511. The second-order valence-electron chi connectivity index (χ2n) is 4.84. The van der Waals surface area contributed by atoms with Crippen LogP contribution >= 0.6 is 0 Å². The van der Waals surface area contributed by atoms with Crippen molar-refractivity contribution in [3.05, 3.63) is 0 Å². The molecule has 0 aromatic carbocycles. The number of carbonyl (C=O) groups is 1. The first-order valence-electron chi connectivity index (χ1n) is 6.30. The van der Waals surface area contributed by atoms with Crippen LogP contribution in [-0.2, 0) is 4.79 Å². The smallest absolute Gasteiger partial charge is 0.220 e. The van der Waals surface area contributed by atoms with Gasteiger partial charge >= 0.3 is 0 Å². The van der Waals surface area contributed by atoms with Crippen LogP contribution in [0.5, 0.6) is 0 Å². The van der Waals surface area contributed by atoms with Gasteiger partial charge in [0, 0.05) is 19.6 Å². The van der Waals surface area contributed by atoms with E-state index in [-0.39, 0.29) is 12.5 Å². The molecule has 16 heavy (non-hydrogen) atoms. The molecule has 0 saturated carbocycles. The van der Waals surface area contributed by atoms with Crippen molar-refractivity contribution in [3.63, 3.8) is 0 Å². The van der Waals surface area contributed by atoms with Crippen LogP contribution in [0.2, 0.25) is 0 Å². The summed E-state index contributed by atoms with van der Waals surface area (Å²) in [4.78, 5) is 11.6. The number of hydrogen-bond donors (Lipinski definition) is 3. The molecule has 0 radical (unpaired) electrons. The minimum absolute atomic E-state index is 0.151. The maximum absolute atomic E-state index is 11.6. The number of aliphatic hydroxyl groups excluding tert-OH is 1. The Morgan fingerprint density at radius 2 is 2.44 bits per heavy atom. The number of rotatable bonds is 6. The van der Waals surface area contributed by atoms with Gasteiger partial charge in [0.2, 0.25) is 5.91 Å². The van der Waals surface area contributed by atoms with Gasteiger partial charge in [-0.05, 0) is 44.2 Å². The van der Waals surface area contributed by atoms with E-state index in [1.54, 1.807) is 0 Å². The summed E-state index contributed by atoms with van der Waals surface area (Å²) >= 11 is 0. The Labute approximate surface area is 97.8 Å². The SMILES string of the molecule is CC(CCO)CNC(=O)CC1CCCNC1. The molecule has 1 heterocycles. The molecule has 1 aliphatic rings. The molecule has 94 valence electrons. The number of hydrogen-bond acceptors (Lipinski definition) is 3. The average molecular weight is 228 g/mol. The third-order valence-electron chi connectivity index (χ3n) is 3.14. The highest BCUT2D eigenvalue weighted by atomic mass is 16.3. The van der Waals surface area contributed by atoms with Crippen molar-refractivity contribution in [1.82, 2.24) is 10.6 Å². The number of piperidine rings is 1. The lowest BCUT2D eigenvalue weighted by molar-refractivity contribution is -0.122. The molecule has 1 aliphatic heterocycles. The minimum Gasteiger partial charge on any atom is -0.396 e. The fraction of sp³-hybridized carbons (Fsp3) is 0.917. The normalized spacial score (nSPS) is 22.8. The fourth-order valence-electron chi connectivity index (χ4n) is 2.04. The zero-order chi connectivity index (χ0) is 11.8. The highest BCUT2D eigenvalue weighted by Crippen LogP contribution is 2.13. The summed E-state index contributed by atoms with van der Waals surface area (Å²) < 4.78 is 0. The van der Waals surface area contributed by atoms with Crippen LogP contribution in [0, 0.1) is 11.8 Å². The van der Waals surface area contributed by atoms with E-state index in [4.69, 9.17) is 5.11 Å². The van der Waals surface area contributed by atoms with E-state index in [2.05, 4.69) is 10.6 Å². The predicted molar refractivity (Wildman–Crippen MR) is 64.1 cm³/mol. The Morgan fingerprint density at radius 1 is 1.62 bits per heavy atom. The number of amides is 1. The third kappa shape index (κ3) is 5.47. The summed E-state index contributed by atoms with van der Waals surface area (Å²) in [6.45, 7) is 4.98. The molecule has 1 rings (SSSR count). The van der Waals surface area contributed by atoms with Crippen LogP contribution < -0.4 is 10.6 Å². The van der Waals surface area contributed by atoms with Crippen LogP contribution in [0.25, 0.3) is 0 Å². The molecule has 2 atom stereocenters. The summed E-state index contributed by atoms with van der Waals surface area (Å²) in [7, 11) is 0. The first-order chi connectivity index (χ1) is 7.72. The van der Waals surface area contributed by atoms with E-state index >= 15 is 0 Å². The molecule has 2 unspecified atom stereocenters. The van der Waals surface area contributed by atoms with Gasteiger partial charge in [0.25, 0.3) is 0 Å². The molecule has 0 aromatic rings. The van der Waals surface area contributed by atoms with E-state index in [0.717, 1.165) is 25.9 Å². The van der Waals surface area contributed by atoms with Crippen LogP contribution in [0.4, 0.5) is 0 Å². The second kappa shape index (κ2) is 7.63. The molecule has 0 bridgehead atoms. The van der Waals surface area contributed by atoms with Crippen LogP contribution in [0.15, 0.2) is 0 Å². The molecular weight excluding hydrogens is 204 g/mol. The minimum atomic E-state index is 0.151. The maximum Gasteiger partial charge on any atom is 0.220 e. The van der Waals surface area contributed by atoms with Gasteiger partial charge in [-0.15, -0.1) is 0 Å². The maximum atomic E-state index is 11.6. The van der Waals surface area contributed by atoms with Crippen molar-refractivity contribution in [3.8, 4) is 0 Å². The number of nitrogens with one attached hydrogen (secondary N) is 2. The van der Waals surface area contributed by atoms with Crippen LogP contribution in [0.1, 0.15) is 32.6 Å². The Hall–Kier alpha value is -0.610. The molecule has 4 heteroatoms. The Kier molecular flexibility index (Phi) is 6.42. The average Bonchev–Trinajstić information content (AvgIpc) is 2.28. The molecule has 1 amide bonds. The van der Waals surface area contributed by atoms with Gasteiger partial charge in [-0.25, -0.2) is 0 Å². The first kappa shape index (κ1) is 13.5.